The van der Waals surface area contributed by atoms with Crippen molar-refractivity contribution >= 4 is 29.6 Å². The van der Waals surface area contributed by atoms with E-state index in [1.165, 1.54) is 19.1 Å². The van der Waals surface area contributed by atoms with Crippen LogP contribution in [0.25, 0.3) is 6.08 Å². The van der Waals surface area contributed by atoms with Gasteiger partial charge in [-0.2, -0.15) is 0 Å². The van der Waals surface area contributed by atoms with Gasteiger partial charge in [0.2, 0.25) is 0 Å². The predicted octanol–water partition coefficient (Wildman–Crippen LogP) is 1.93. The number of fused-ring (bicyclic) bond motifs is 1. The Labute approximate surface area is 132 Å². The molecule has 1 aromatic rings. The molecule has 6 nitrogen and oxygen atoms in total. The highest BCUT2D eigenvalue weighted by molar-refractivity contribution is 6.32. The summed E-state index contributed by atoms with van der Waals surface area (Å²) < 4.78 is 15.9. The standard InChI is InChI=1S/C15H16ClNO5/c1-9(15(17)19)22-13(18)4-3-10-7-11(16)14-12(8-10)20-5-2-6-21-14/h3-4,7-9H,2,5-6H2,1H3,(H2,17,19)/b4-3+/t9-/m0/s1. The van der Waals surface area contributed by atoms with Crippen LogP contribution >= 0.6 is 11.6 Å². The third-order valence-electron chi connectivity index (χ3n) is 2.93. The van der Waals surface area contributed by atoms with Crippen LogP contribution in [-0.2, 0) is 14.3 Å². The van der Waals surface area contributed by atoms with E-state index in [0.717, 1.165) is 6.42 Å². The Morgan fingerprint density at radius 3 is 2.82 bits per heavy atom. The Hall–Kier alpha value is -2.21. The first-order valence-electron chi connectivity index (χ1n) is 6.74. The molecule has 1 heterocycles. The first kappa shape index (κ1) is 16.2. The monoisotopic (exact) mass is 325 g/mol. The molecule has 0 unspecified atom stereocenters. The minimum absolute atomic E-state index is 0.401. The van der Waals surface area contributed by atoms with E-state index in [1.54, 1.807) is 12.1 Å². The first-order valence-corrected chi connectivity index (χ1v) is 7.12. The summed E-state index contributed by atoms with van der Waals surface area (Å²) in [4.78, 5) is 22.4. The van der Waals surface area contributed by atoms with Crippen LogP contribution in [0.1, 0.15) is 18.9 Å². The molecule has 1 aliphatic rings. The van der Waals surface area contributed by atoms with Crippen LogP contribution in [0.5, 0.6) is 11.5 Å². The lowest BCUT2D eigenvalue weighted by atomic mass is 10.2. The van der Waals surface area contributed by atoms with Gasteiger partial charge in [0.05, 0.1) is 18.2 Å². The molecule has 2 N–H and O–H groups in total. The van der Waals surface area contributed by atoms with Gasteiger partial charge in [0, 0.05) is 12.5 Å². The average Bonchev–Trinajstić information content (AvgIpc) is 2.70. The summed E-state index contributed by atoms with van der Waals surface area (Å²) in [6, 6.07) is 3.37. The van der Waals surface area contributed by atoms with Crippen LogP contribution in [0.2, 0.25) is 5.02 Å². The lowest BCUT2D eigenvalue weighted by Gasteiger charge is -2.10. The number of carbonyl (C=O) groups is 2. The van der Waals surface area contributed by atoms with Crippen LogP contribution in [0.15, 0.2) is 18.2 Å². The van der Waals surface area contributed by atoms with Gasteiger partial charge in [0.1, 0.15) is 0 Å². The zero-order valence-corrected chi connectivity index (χ0v) is 12.8. The molecule has 0 saturated heterocycles. The molecule has 1 atom stereocenters. The lowest BCUT2D eigenvalue weighted by Crippen LogP contribution is -2.29. The number of hydrogen-bond donors (Lipinski definition) is 1. The molecule has 2 rings (SSSR count). The molecule has 0 fully saturated rings. The number of carbonyl (C=O) groups excluding carboxylic acids is 2. The van der Waals surface area contributed by atoms with Crippen LogP contribution in [0.4, 0.5) is 0 Å². The van der Waals surface area contributed by atoms with Crippen LogP contribution in [0, 0.1) is 0 Å². The fraction of sp³-hybridized carbons (Fsp3) is 0.333. The van der Waals surface area contributed by atoms with Gasteiger partial charge < -0.3 is 19.9 Å². The van der Waals surface area contributed by atoms with Gasteiger partial charge in [0.15, 0.2) is 17.6 Å². The van der Waals surface area contributed by atoms with Crippen molar-refractivity contribution in [2.45, 2.75) is 19.4 Å². The maximum atomic E-state index is 11.6. The van der Waals surface area contributed by atoms with Gasteiger partial charge in [-0.3, -0.25) is 4.79 Å². The molecule has 0 spiro atoms. The molecule has 7 heteroatoms. The minimum Gasteiger partial charge on any atom is -0.489 e. The Morgan fingerprint density at radius 2 is 2.09 bits per heavy atom. The third kappa shape index (κ3) is 4.14. The number of ether oxygens (including phenoxy) is 3. The molecular formula is C15H16ClNO5. The molecular weight excluding hydrogens is 310 g/mol. The minimum atomic E-state index is -0.982. The topological polar surface area (TPSA) is 87.8 Å². The zero-order chi connectivity index (χ0) is 16.1. The Kier molecular flexibility index (Phi) is 5.27. The Balaban J connectivity index is 2.11. The third-order valence-corrected chi connectivity index (χ3v) is 3.21. The highest BCUT2D eigenvalue weighted by atomic mass is 35.5. The number of primary amides is 1. The highest BCUT2D eigenvalue weighted by Gasteiger charge is 2.15. The van der Waals surface area contributed by atoms with Gasteiger partial charge in [-0.05, 0) is 30.7 Å². The molecule has 0 radical (unpaired) electrons. The summed E-state index contributed by atoms with van der Waals surface area (Å²) in [6.45, 7) is 2.48. The number of nitrogens with two attached hydrogens (primary N) is 1. The maximum absolute atomic E-state index is 11.6. The van der Waals surface area contributed by atoms with Gasteiger partial charge in [-0.15, -0.1) is 0 Å². The number of hydrogen-bond acceptors (Lipinski definition) is 5. The maximum Gasteiger partial charge on any atom is 0.331 e. The number of rotatable bonds is 4. The second kappa shape index (κ2) is 7.17. The summed E-state index contributed by atoms with van der Waals surface area (Å²) in [5.74, 6) is -0.348. The quantitative estimate of drug-likeness (QED) is 0.675. The molecule has 22 heavy (non-hydrogen) atoms. The normalized spacial score (nSPS) is 15.2. The van der Waals surface area contributed by atoms with Crippen molar-refractivity contribution in [1.29, 1.82) is 0 Å². The van der Waals surface area contributed by atoms with E-state index in [4.69, 9.17) is 31.5 Å². The van der Waals surface area contributed by atoms with Crippen molar-refractivity contribution in [3.8, 4) is 11.5 Å². The van der Waals surface area contributed by atoms with Crippen molar-refractivity contribution in [3.05, 3.63) is 28.8 Å². The molecule has 1 aromatic carbocycles. The number of benzene rings is 1. The largest absolute Gasteiger partial charge is 0.489 e. The zero-order valence-electron chi connectivity index (χ0n) is 12.0. The molecule has 1 aliphatic heterocycles. The fourth-order valence-electron chi connectivity index (χ4n) is 1.78. The van der Waals surface area contributed by atoms with Gasteiger partial charge in [-0.25, -0.2) is 4.79 Å². The van der Waals surface area contributed by atoms with Gasteiger partial charge >= 0.3 is 5.97 Å². The SMILES string of the molecule is C[C@H](OC(=O)/C=C/c1cc(Cl)c2c(c1)OCCCO2)C(N)=O. The van der Waals surface area contributed by atoms with E-state index in [1.807, 2.05) is 0 Å². The molecule has 0 saturated carbocycles. The summed E-state index contributed by atoms with van der Waals surface area (Å²) in [5.41, 5.74) is 5.67. The van der Waals surface area contributed by atoms with E-state index in [2.05, 4.69) is 0 Å². The van der Waals surface area contributed by atoms with Crippen molar-refractivity contribution in [1.82, 2.24) is 0 Å². The summed E-state index contributed by atoms with van der Waals surface area (Å²) in [7, 11) is 0. The lowest BCUT2D eigenvalue weighted by molar-refractivity contribution is -0.148. The summed E-state index contributed by atoms with van der Waals surface area (Å²) >= 11 is 6.14. The molecule has 0 aliphatic carbocycles. The number of halogens is 1. The number of amides is 1. The van der Waals surface area contributed by atoms with Gasteiger partial charge in [0.25, 0.3) is 5.91 Å². The molecule has 118 valence electrons. The van der Waals surface area contributed by atoms with E-state index >= 15 is 0 Å². The average molecular weight is 326 g/mol. The summed E-state index contributed by atoms with van der Waals surface area (Å²) in [5, 5.41) is 0.401. The highest BCUT2D eigenvalue weighted by Crippen LogP contribution is 2.38. The van der Waals surface area contributed by atoms with Crippen LogP contribution in [-0.4, -0.2) is 31.2 Å². The van der Waals surface area contributed by atoms with E-state index < -0.39 is 18.0 Å². The smallest absolute Gasteiger partial charge is 0.331 e. The molecule has 0 bridgehead atoms. The van der Waals surface area contributed by atoms with Crippen molar-refractivity contribution in [2.75, 3.05) is 13.2 Å². The second-order valence-electron chi connectivity index (χ2n) is 4.70. The van der Waals surface area contributed by atoms with Crippen molar-refractivity contribution < 1.29 is 23.8 Å². The van der Waals surface area contributed by atoms with E-state index in [-0.39, 0.29) is 0 Å². The van der Waals surface area contributed by atoms with Gasteiger partial charge in [-0.1, -0.05) is 11.6 Å². The fourth-order valence-corrected chi connectivity index (χ4v) is 2.06. The van der Waals surface area contributed by atoms with E-state index in [9.17, 15) is 9.59 Å². The first-order chi connectivity index (χ1) is 10.5. The Morgan fingerprint density at radius 1 is 1.36 bits per heavy atom. The summed E-state index contributed by atoms with van der Waals surface area (Å²) in [6.07, 6.45) is 2.49. The number of esters is 1. The Bertz CT molecular complexity index is 614. The van der Waals surface area contributed by atoms with E-state index in [0.29, 0.717) is 35.3 Å². The van der Waals surface area contributed by atoms with Crippen molar-refractivity contribution in [2.24, 2.45) is 5.73 Å². The van der Waals surface area contributed by atoms with Crippen molar-refractivity contribution in [3.63, 3.8) is 0 Å². The molecule has 1 amide bonds. The second-order valence-corrected chi connectivity index (χ2v) is 5.10. The van der Waals surface area contributed by atoms with Crippen LogP contribution < -0.4 is 15.2 Å². The van der Waals surface area contributed by atoms with Crippen LogP contribution in [0.3, 0.4) is 0 Å². The molecule has 0 aromatic heterocycles. The predicted molar refractivity (Wildman–Crippen MR) is 80.8 cm³/mol.